The van der Waals surface area contributed by atoms with E-state index in [4.69, 9.17) is 0 Å². The normalized spacial score (nSPS) is 18.4. The van der Waals surface area contributed by atoms with Crippen LogP contribution in [0.25, 0.3) is 0 Å². The molecule has 1 aliphatic rings. The number of piperidine rings is 1. The molecule has 0 saturated carbocycles. The summed E-state index contributed by atoms with van der Waals surface area (Å²) in [4.78, 5) is 23.1. The maximum atomic E-state index is 11.9. The fourth-order valence-electron chi connectivity index (χ4n) is 1.61. The van der Waals surface area contributed by atoms with E-state index >= 15 is 0 Å². The number of nitrogens with one attached hydrogen (secondary N) is 1. The van der Waals surface area contributed by atoms with Crippen LogP contribution < -0.4 is 5.32 Å². The first-order valence-corrected chi connectivity index (χ1v) is 4.94. The van der Waals surface area contributed by atoms with Crippen molar-refractivity contribution in [3.63, 3.8) is 0 Å². The van der Waals surface area contributed by atoms with Crippen molar-refractivity contribution in [1.82, 2.24) is 10.2 Å². The summed E-state index contributed by atoms with van der Waals surface area (Å²) >= 11 is 0. The Kier molecular flexibility index (Phi) is 3.77. The lowest BCUT2D eigenvalue weighted by Gasteiger charge is -2.31. The van der Waals surface area contributed by atoms with Crippen LogP contribution in [0.3, 0.4) is 0 Å². The van der Waals surface area contributed by atoms with Crippen molar-refractivity contribution in [3.8, 4) is 0 Å². The molecule has 16 heavy (non-hydrogen) atoms. The maximum Gasteiger partial charge on any atom is 0.471 e. The fourth-order valence-corrected chi connectivity index (χ4v) is 1.61. The largest absolute Gasteiger partial charge is 0.471 e. The second-order valence-electron chi connectivity index (χ2n) is 3.75. The van der Waals surface area contributed by atoms with Crippen molar-refractivity contribution < 1.29 is 22.8 Å². The van der Waals surface area contributed by atoms with Gasteiger partial charge in [-0.2, -0.15) is 13.2 Å². The standard InChI is InChI=1S/C9H13F3N2O2/c1-6(15)14-4-2-7(3-5-14)13-8(16)9(10,11)12/h7H,2-5H2,1H3,(H,13,16). The number of halogens is 3. The third-order valence-corrected chi connectivity index (χ3v) is 2.53. The summed E-state index contributed by atoms with van der Waals surface area (Å²) in [5.41, 5.74) is 0. The average Bonchev–Trinajstić information content (AvgIpc) is 2.17. The molecule has 1 N–H and O–H groups in total. The molecule has 1 rings (SSSR count). The Morgan fingerprint density at radius 2 is 1.75 bits per heavy atom. The Bertz CT molecular complexity index is 283. The molecule has 0 bridgehead atoms. The third kappa shape index (κ3) is 3.39. The van der Waals surface area contributed by atoms with Crippen LogP contribution in [0.5, 0.6) is 0 Å². The Morgan fingerprint density at radius 3 is 2.12 bits per heavy atom. The lowest BCUT2D eigenvalue weighted by Crippen LogP contribution is -2.49. The number of alkyl halides is 3. The van der Waals surface area contributed by atoms with Crippen LogP contribution in [0.1, 0.15) is 19.8 Å². The molecule has 0 aromatic heterocycles. The highest BCUT2D eigenvalue weighted by Crippen LogP contribution is 2.17. The summed E-state index contributed by atoms with van der Waals surface area (Å²) in [6, 6.07) is -0.496. The first kappa shape index (κ1) is 12.8. The first-order valence-electron chi connectivity index (χ1n) is 4.94. The summed E-state index contributed by atoms with van der Waals surface area (Å²) in [5.74, 6) is -2.01. The van der Waals surface area contributed by atoms with Gasteiger partial charge >= 0.3 is 12.1 Å². The molecule has 0 atom stereocenters. The van der Waals surface area contributed by atoms with Crippen LogP contribution in [-0.4, -0.2) is 42.0 Å². The minimum atomic E-state index is -4.84. The molecule has 0 spiro atoms. The van der Waals surface area contributed by atoms with Gasteiger partial charge in [-0.1, -0.05) is 0 Å². The molecule has 0 aliphatic carbocycles. The van der Waals surface area contributed by atoms with E-state index < -0.39 is 18.1 Å². The van der Waals surface area contributed by atoms with Crippen LogP contribution >= 0.6 is 0 Å². The zero-order chi connectivity index (χ0) is 12.3. The zero-order valence-electron chi connectivity index (χ0n) is 8.80. The minimum absolute atomic E-state index is 0.0967. The molecule has 0 radical (unpaired) electrons. The molecule has 0 aromatic rings. The Balaban J connectivity index is 2.38. The SMILES string of the molecule is CC(=O)N1CCC(NC(=O)C(F)(F)F)CC1. The number of carbonyl (C=O) groups excluding carboxylic acids is 2. The molecule has 0 aromatic carbocycles. The first-order chi connectivity index (χ1) is 7.30. The van der Waals surface area contributed by atoms with Crippen LogP contribution in [-0.2, 0) is 9.59 Å². The molecule has 4 nitrogen and oxygen atoms in total. The van der Waals surface area contributed by atoms with Gasteiger partial charge in [-0.3, -0.25) is 9.59 Å². The highest BCUT2D eigenvalue weighted by atomic mass is 19.4. The molecule has 92 valence electrons. The number of hydrogen-bond donors (Lipinski definition) is 1. The number of likely N-dealkylation sites (tertiary alicyclic amines) is 1. The van der Waals surface area contributed by atoms with Gasteiger partial charge in [-0.25, -0.2) is 0 Å². The molecule has 1 saturated heterocycles. The van der Waals surface area contributed by atoms with Crippen molar-refractivity contribution in [2.24, 2.45) is 0 Å². The molecule has 7 heteroatoms. The monoisotopic (exact) mass is 238 g/mol. The van der Waals surface area contributed by atoms with Crippen LogP contribution in [0.4, 0.5) is 13.2 Å². The maximum absolute atomic E-state index is 11.9. The lowest BCUT2D eigenvalue weighted by atomic mass is 10.1. The van der Waals surface area contributed by atoms with Crippen molar-refractivity contribution >= 4 is 11.8 Å². The van der Waals surface area contributed by atoms with Crippen LogP contribution in [0.2, 0.25) is 0 Å². The molecule has 1 fully saturated rings. The second kappa shape index (κ2) is 4.71. The molecular formula is C9H13F3N2O2. The van der Waals surface area contributed by atoms with E-state index in [1.54, 1.807) is 4.90 Å². The molecule has 0 unspecified atom stereocenters. The third-order valence-electron chi connectivity index (χ3n) is 2.53. The summed E-state index contributed by atoms with van der Waals surface area (Å²) in [6.45, 7) is 2.19. The Labute approximate surface area is 90.8 Å². The van der Waals surface area contributed by atoms with Crippen molar-refractivity contribution in [3.05, 3.63) is 0 Å². The smallest absolute Gasteiger partial charge is 0.345 e. The summed E-state index contributed by atoms with van der Waals surface area (Å²) in [6.07, 6.45) is -4.11. The van der Waals surface area contributed by atoms with Gasteiger partial charge in [-0.15, -0.1) is 0 Å². The van der Waals surface area contributed by atoms with Gasteiger partial charge in [0.2, 0.25) is 5.91 Å². The van der Waals surface area contributed by atoms with E-state index in [9.17, 15) is 22.8 Å². The number of rotatable bonds is 1. The number of amides is 2. The summed E-state index contributed by atoms with van der Waals surface area (Å²) in [5, 5.41) is 1.92. The average molecular weight is 238 g/mol. The van der Waals surface area contributed by atoms with Crippen molar-refractivity contribution in [2.45, 2.75) is 32.0 Å². The van der Waals surface area contributed by atoms with Gasteiger partial charge in [0, 0.05) is 26.1 Å². The number of carbonyl (C=O) groups is 2. The predicted molar refractivity (Wildman–Crippen MR) is 49.5 cm³/mol. The van der Waals surface area contributed by atoms with E-state index in [1.165, 1.54) is 6.92 Å². The van der Waals surface area contributed by atoms with Gasteiger partial charge in [-0.05, 0) is 12.8 Å². The van der Waals surface area contributed by atoms with E-state index in [0.717, 1.165) is 0 Å². The molecule has 1 aliphatic heterocycles. The number of nitrogens with zero attached hydrogens (tertiary/aromatic N) is 1. The van der Waals surface area contributed by atoms with Gasteiger partial charge < -0.3 is 10.2 Å². The second-order valence-corrected chi connectivity index (χ2v) is 3.75. The van der Waals surface area contributed by atoms with Gasteiger partial charge in [0.25, 0.3) is 0 Å². The number of hydrogen-bond acceptors (Lipinski definition) is 2. The Morgan fingerprint density at radius 1 is 1.25 bits per heavy atom. The van der Waals surface area contributed by atoms with Gasteiger partial charge in [0.1, 0.15) is 0 Å². The fraction of sp³-hybridized carbons (Fsp3) is 0.778. The Hall–Kier alpha value is -1.27. The lowest BCUT2D eigenvalue weighted by molar-refractivity contribution is -0.174. The molecule has 2 amide bonds. The minimum Gasteiger partial charge on any atom is -0.345 e. The molecular weight excluding hydrogens is 225 g/mol. The van der Waals surface area contributed by atoms with Crippen molar-refractivity contribution in [2.75, 3.05) is 13.1 Å². The highest BCUT2D eigenvalue weighted by molar-refractivity contribution is 5.82. The van der Waals surface area contributed by atoms with Crippen molar-refractivity contribution in [1.29, 1.82) is 0 Å². The summed E-state index contributed by atoms with van der Waals surface area (Å²) < 4.78 is 35.8. The quantitative estimate of drug-likeness (QED) is 0.730. The van der Waals surface area contributed by atoms with E-state index in [-0.39, 0.29) is 5.91 Å². The van der Waals surface area contributed by atoms with E-state index in [0.29, 0.717) is 25.9 Å². The topological polar surface area (TPSA) is 49.4 Å². The van der Waals surface area contributed by atoms with E-state index in [2.05, 4.69) is 0 Å². The predicted octanol–water partition coefficient (Wildman–Crippen LogP) is 0.676. The van der Waals surface area contributed by atoms with Crippen LogP contribution in [0, 0.1) is 0 Å². The summed E-state index contributed by atoms with van der Waals surface area (Å²) in [7, 11) is 0. The van der Waals surface area contributed by atoms with E-state index in [1.807, 2.05) is 5.32 Å². The zero-order valence-corrected chi connectivity index (χ0v) is 8.80. The molecule has 1 heterocycles. The van der Waals surface area contributed by atoms with Gasteiger partial charge in [0.15, 0.2) is 0 Å². The van der Waals surface area contributed by atoms with Gasteiger partial charge in [0.05, 0.1) is 0 Å². The highest BCUT2D eigenvalue weighted by Gasteiger charge is 2.40. The van der Waals surface area contributed by atoms with Crippen LogP contribution in [0.15, 0.2) is 0 Å².